The van der Waals surface area contributed by atoms with Crippen LogP contribution in [0.1, 0.15) is 24.3 Å². The van der Waals surface area contributed by atoms with E-state index < -0.39 is 0 Å². The largest absolute Gasteiger partial charge is 0.497 e. The molecule has 0 radical (unpaired) electrons. The van der Waals surface area contributed by atoms with Gasteiger partial charge in [-0.05, 0) is 70.6 Å². The van der Waals surface area contributed by atoms with E-state index in [4.69, 9.17) is 4.74 Å². The molecule has 0 aromatic heterocycles. The molecule has 4 heteroatoms. The lowest BCUT2D eigenvalue weighted by atomic mass is 9.76. The van der Waals surface area contributed by atoms with Crippen molar-refractivity contribution < 1.29 is 4.74 Å². The highest BCUT2D eigenvalue weighted by molar-refractivity contribution is 9.11. The van der Waals surface area contributed by atoms with E-state index in [2.05, 4.69) is 61.4 Å². The summed E-state index contributed by atoms with van der Waals surface area (Å²) in [6.07, 6.45) is 2.34. The summed E-state index contributed by atoms with van der Waals surface area (Å²) in [5, 5.41) is 3.61. The van der Waals surface area contributed by atoms with Crippen LogP contribution in [0.2, 0.25) is 0 Å². The molecule has 0 unspecified atom stereocenters. The van der Waals surface area contributed by atoms with Crippen LogP contribution >= 0.6 is 31.9 Å². The molecule has 0 saturated heterocycles. The maximum atomic E-state index is 5.20. The Labute approximate surface area is 142 Å². The molecule has 0 amide bonds. The molecule has 2 nitrogen and oxygen atoms in total. The molecule has 21 heavy (non-hydrogen) atoms. The third-order valence-electron chi connectivity index (χ3n) is 4.01. The van der Waals surface area contributed by atoms with Crippen LogP contribution in [0, 0.1) is 0 Å². The lowest BCUT2D eigenvalue weighted by Gasteiger charge is -2.37. The minimum absolute atomic E-state index is 0.544. The molecular formula is C17H17Br2NO. The minimum atomic E-state index is 0.544. The molecule has 1 saturated carbocycles. The second-order valence-electron chi connectivity index (χ2n) is 5.41. The summed E-state index contributed by atoms with van der Waals surface area (Å²) < 4.78 is 7.41. The zero-order valence-corrected chi connectivity index (χ0v) is 14.9. The van der Waals surface area contributed by atoms with E-state index in [9.17, 15) is 0 Å². The first kappa shape index (κ1) is 14.9. The number of methoxy groups -OCH3 is 1. The van der Waals surface area contributed by atoms with E-state index in [1.54, 1.807) is 7.11 Å². The normalized spacial score (nSPS) is 20.7. The van der Waals surface area contributed by atoms with Gasteiger partial charge in [-0.3, -0.25) is 0 Å². The summed E-state index contributed by atoms with van der Waals surface area (Å²) >= 11 is 7.11. The SMILES string of the molecule is COc1ccc(C2CC(Nc3cc(Br)ccc3Br)C2)cc1. The monoisotopic (exact) mass is 409 g/mol. The fraction of sp³-hybridized carbons (Fsp3) is 0.294. The molecule has 1 aliphatic carbocycles. The van der Waals surface area contributed by atoms with Crippen molar-refractivity contribution in [3.05, 3.63) is 57.0 Å². The number of anilines is 1. The zero-order chi connectivity index (χ0) is 14.8. The standard InChI is InChI=1S/C17H17Br2NO/c1-21-15-5-2-11(3-6-15)12-8-14(9-12)20-17-10-13(18)4-7-16(17)19/h2-7,10,12,14,20H,8-9H2,1H3. The van der Waals surface area contributed by atoms with Gasteiger partial charge in [-0.25, -0.2) is 0 Å². The van der Waals surface area contributed by atoms with E-state index in [0.717, 1.165) is 20.4 Å². The number of nitrogens with one attached hydrogen (secondary N) is 1. The van der Waals surface area contributed by atoms with Crippen molar-refractivity contribution in [2.24, 2.45) is 0 Å². The van der Waals surface area contributed by atoms with Gasteiger partial charge in [-0.2, -0.15) is 0 Å². The van der Waals surface area contributed by atoms with Crippen LogP contribution in [0.25, 0.3) is 0 Å². The summed E-state index contributed by atoms with van der Waals surface area (Å²) in [4.78, 5) is 0. The van der Waals surface area contributed by atoms with Crippen LogP contribution < -0.4 is 10.1 Å². The van der Waals surface area contributed by atoms with Crippen LogP contribution in [0.3, 0.4) is 0 Å². The van der Waals surface area contributed by atoms with Gasteiger partial charge in [-0.1, -0.05) is 28.1 Å². The Morgan fingerprint density at radius 2 is 1.76 bits per heavy atom. The van der Waals surface area contributed by atoms with Gasteiger partial charge in [-0.15, -0.1) is 0 Å². The highest BCUT2D eigenvalue weighted by Gasteiger charge is 2.30. The molecule has 0 heterocycles. The minimum Gasteiger partial charge on any atom is -0.497 e. The van der Waals surface area contributed by atoms with Crippen molar-refractivity contribution in [3.8, 4) is 5.75 Å². The fourth-order valence-electron chi connectivity index (χ4n) is 2.71. The zero-order valence-electron chi connectivity index (χ0n) is 11.8. The van der Waals surface area contributed by atoms with Gasteiger partial charge >= 0.3 is 0 Å². The Balaban J connectivity index is 1.59. The van der Waals surface area contributed by atoms with Crippen molar-refractivity contribution in [1.29, 1.82) is 0 Å². The number of ether oxygens (including phenoxy) is 1. The first-order valence-electron chi connectivity index (χ1n) is 7.01. The van der Waals surface area contributed by atoms with Crippen molar-refractivity contribution in [2.75, 3.05) is 12.4 Å². The lowest BCUT2D eigenvalue weighted by molar-refractivity contribution is 0.373. The van der Waals surface area contributed by atoms with Gasteiger partial charge in [0.15, 0.2) is 0 Å². The number of halogens is 2. The molecule has 2 aromatic rings. The molecule has 0 aliphatic heterocycles. The second-order valence-corrected chi connectivity index (χ2v) is 7.18. The molecule has 1 aliphatic rings. The van der Waals surface area contributed by atoms with E-state index >= 15 is 0 Å². The molecule has 110 valence electrons. The number of hydrogen-bond donors (Lipinski definition) is 1. The number of benzene rings is 2. The summed E-state index contributed by atoms with van der Waals surface area (Å²) in [6, 6.07) is 15.2. The number of rotatable bonds is 4. The van der Waals surface area contributed by atoms with Crippen molar-refractivity contribution in [1.82, 2.24) is 0 Å². The van der Waals surface area contributed by atoms with Crippen LogP contribution in [0.15, 0.2) is 51.4 Å². The Kier molecular flexibility index (Phi) is 4.55. The van der Waals surface area contributed by atoms with Crippen molar-refractivity contribution in [2.45, 2.75) is 24.8 Å². The van der Waals surface area contributed by atoms with Crippen molar-refractivity contribution in [3.63, 3.8) is 0 Å². The Hall–Kier alpha value is -1.00. The Morgan fingerprint density at radius 3 is 2.43 bits per heavy atom. The highest BCUT2D eigenvalue weighted by atomic mass is 79.9. The van der Waals surface area contributed by atoms with Gasteiger partial charge < -0.3 is 10.1 Å². The average Bonchev–Trinajstić information content (AvgIpc) is 2.46. The fourth-order valence-corrected chi connectivity index (χ4v) is 3.43. The van der Waals surface area contributed by atoms with Gasteiger partial charge in [0.1, 0.15) is 5.75 Å². The van der Waals surface area contributed by atoms with Crippen LogP contribution in [0.5, 0.6) is 5.75 Å². The van der Waals surface area contributed by atoms with Gasteiger partial charge in [0.05, 0.1) is 7.11 Å². The van der Waals surface area contributed by atoms with E-state index in [1.165, 1.54) is 18.4 Å². The van der Waals surface area contributed by atoms with E-state index in [0.29, 0.717) is 12.0 Å². The number of hydrogen-bond acceptors (Lipinski definition) is 2. The summed E-state index contributed by atoms with van der Waals surface area (Å²) in [7, 11) is 1.70. The summed E-state index contributed by atoms with van der Waals surface area (Å²) in [6.45, 7) is 0. The second kappa shape index (κ2) is 6.41. The molecular weight excluding hydrogens is 394 g/mol. The molecule has 0 spiro atoms. The average molecular weight is 411 g/mol. The van der Waals surface area contributed by atoms with Crippen LogP contribution in [-0.2, 0) is 0 Å². The van der Waals surface area contributed by atoms with Gasteiger partial charge in [0.25, 0.3) is 0 Å². The molecule has 1 N–H and O–H groups in total. The molecule has 0 atom stereocenters. The van der Waals surface area contributed by atoms with Gasteiger partial charge in [0, 0.05) is 20.7 Å². The maximum absolute atomic E-state index is 5.20. The topological polar surface area (TPSA) is 21.3 Å². The smallest absolute Gasteiger partial charge is 0.118 e. The molecule has 1 fully saturated rings. The quantitative estimate of drug-likeness (QED) is 0.710. The van der Waals surface area contributed by atoms with E-state index in [-0.39, 0.29) is 0 Å². The summed E-state index contributed by atoms with van der Waals surface area (Å²) in [5.74, 6) is 1.57. The van der Waals surface area contributed by atoms with Crippen LogP contribution in [0.4, 0.5) is 5.69 Å². The highest BCUT2D eigenvalue weighted by Crippen LogP contribution is 2.40. The third-order valence-corrected chi connectivity index (χ3v) is 5.20. The molecule has 3 rings (SSSR count). The Morgan fingerprint density at radius 1 is 1.05 bits per heavy atom. The molecule has 0 bridgehead atoms. The molecule has 2 aromatic carbocycles. The first-order valence-corrected chi connectivity index (χ1v) is 8.60. The third kappa shape index (κ3) is 3.43. The van der Waals surface area contributed by atoms with Gasteiger partial charge in [0.2, 0.25) is 0 Å². The first-order chi connectivity index (χ1) is 10.2. The van der Waals surface area contributed by atoms with Crippen LogP contribution in [-0.4, -0.2) is 13.2 Å². The predicted molar refractivity (Wildman–Crippen MR) is 94.2 cm³/mol. The summed E-state index contributed by atoms with van der Waals surface area (Å²) in [5.41, 5.74) is 2.56. The lowest BCUT2D eigenvalue weighted by Crippen LogP contribution is -2.34. The Bertz CT molecular complexity index is 621. The maximum Gasteiger partial charge on any atom is 0.118 e. The van der Waals surface area contributed by atoms with Crippen molar-refractivity contribution >= 4 is 37.5 Å². The van der Waals surface area contributed by atoms with E-state index in [1.807, 2.05) is 18.2 Å². The predicted octanol–water partition coefficient (Wildman–Crippen LogP) is 5.58.